The summed E-state index contributed by atoms with van der Waals surface area (Å²) in [7, 11) is 0. The van der Waals surface area contributed by atoms with Gasteiger partial charge in [0.25, 0.3) is 0 Å². The SMILES string of the molecule is Cc1nn(-c2ccc(C(F)(F)F)cc2)c(C)c1CCO. The summed E-state index contributed by atoms with van der Waals surface area (Å²) in [6.45, 7) is 3.67. The van der Waals surface area contributed by atoms with Crippen LogP contribution in [0.25, 0.3) is 5.69 Å². The summed E-state index contributed by atoms with van der Waals surface area (Å²) in [5, 5.41) is 13.3. The summed E-state index contributed by atoms with van der Waals surface area (Å²) >= 11 is 0. The predicted octanol–water partition coefficient (Wildman–Crippen LogP) is 3.04. The fourth-order valence-electron chi connectivity index (χ4n) is 2.19. The Morgan fingerprint density at radius 1 is 1.15 bits per heavy atom. The topological polar surface area (TPSA) is 38.0 Å². The maximum Gasteiger partial charge on any atom is 0.416 e. The van der Waals surface area contributed by atoms with Gasteiger partial charge in [-0.2, -0.15) is 18.3 Å². The predicted molar refractivity (Wildman–Crippen MR) is 68.8 cm³/mol. The van der Waals surface area contributed by atoms with Crippen molar-refractivity contribution in [3.63, 3.8) is 0 Å². The number of benzene rings is 1. The van der Waals surface area contributed by atoms with E-state index in [-0.39, 0.29) is 6.61 Å². The maximum atomic E-state index is 12.5. The zero-order valence-electron chi connectivity index (χ0n) is 11.2. The van der Waals surface area contributed by atoms with E-state index in [0.717, 1.165) is 29.1 Å². The quantitative estimate of drug-likeness (QED) is 0.940. The first kappa shape index (κ1) is 14.6. The van der Waals surface area contributed by atoms with Gasteiger partial charge in [-0.15, -0.1) is 0 Å². The molecular weight excluding hydrogens is 269 g/mol. The Hall–Kier alpha value is -1.82. The second-order valence-corrected chi connectivity index (χ2v) is 4.58. The number of hydrogen-bond acceptors (Lipinski definition) is 2. The van der Waals surface area contributed by atoms with Crippen LogP contribution in [0.4, 0.5) is 13.2 Å². The monoisotopic (exact) mass is 284 g/mol. The minimum absolute atomic E-state index is 0.0143. The Bertz CT molecular complexity index is 600. The van der Waals surface area contributed by atoms with Crippen molar-refractivity contribution in [1.82, 2.24) is 9.78 Å². The van der Waals surface area contributed by atoms with Crippen molar-refractivity contribution in [2.75, 3.05) is 6.61 Å². The van der Waals surface area contributed by atoms with Crippen molar-refractivity contribution in [2.24, 2.45) is 0 Å². The van der Waals surface area contributed by atoms with Gasteiger partial charge in [-0.25, -0.2) is 4.68 Å². The first-order chi connectivity index (χ1) is 9.34. The molecule has 2 aromatic rings. The third-order valence-corrected chi connectivity index (χ3v) is 3.24. The molecule has 0 aliphatic carbocycles. The summed E-state index contributed by atoms with van der Waals surface area (Å²) in [5.41, 5.74) is 2.42. The van der Waals surface area contributed by atoms with Gasteiger partial charge in [0, 0.05) is 12.3 Å². The number of alkyl halides is 3. The van der Waals surface area contributed by atoms with E-state index in [0.29, 0.717) is 12.1 Å². The van der Waals surface area contributed by atoms with Crippen molar-refractivity contribution in [3.05, 3.63) is 46.8 Å². The Balaban J connectivity index is 2.40. The summed E-state index contributed by atoms with van der Waals surface area (Å²) in [4.78, 5) is 0. The van der Waals surface area contributed by atoms with Crippen LogP contribution in [0.3, 0.4) is 0 Å². The zero-order valence-corrected chi connectivity index (χ0v) is 11.2. The van der Waals surface area contributed by atoms with Crippen LogP contribution in [0.2, 0.25) is 0 Å². The number of hydrogen-bond donors (Lipinski definition) is 1. The number of aromatic nitrogens is 2. The largest absolute Gasteiger partial charge is 0.416 e. The molecule has 0 saturated heterocycles. The molecule has 1 heterocycles. The van der Waals surface area contributed by atoms with E-state index in [1.807, 2.05) is 13.8 Å². The van der Waals surface area contributed by atoms with Gasteiger partial charge in [-0.3, -0.25) is 0 Å². The Morgan fingerprint density at radius 2 is 1.75 bits per heavy atom. The van der Waals surface area contributed by atoms with Gasteiger partial charge in [0.05, 0.1) is 16.9 Å². The maximum absolute atomic E-state index is 12.5. The summed E-state index contributed by atoms with van der Waals surface area (Å²) in [6.07, 6.45) is -3.85. The normalized spacial score (nSPS) is 11.9. The number of aliphatic hydroxyl groups is 1. The zero-order chi connectivity index (χ0) is 14.9. The van der Waals surface area contributed by atoms with Gasteiger partial charge in [0.1, 0.15) is 0 Å². The Morgan fingerprint density at radius 3 is 2.25 bits per heavy atom. The molecule has 0 radical (unpaired) electrons. The lowest BCUT2D eigenvalue weighted by Crippen LogP contribution is -2.06. The number of nitrogens with zero attached hydrogens (tertiary/aromatic N) is 2. The Labute approximate surface area is 114 Å². The molecule has 1 N–H and O–H groups in total. The highest BCUT2D eigenvalue weighted by Crippen LogP contribution is 2.30. The molecule has 1 aromatic carbocycles. The fraction of sp³-hybridized carbons (Fsp3) is 0.357. The van der Waals surface area contributed by atoms with Crippen molar-refractivity contribution in [2.45, 2.75) is 26.4 Å². The van der Waals surface area contributed by atoms with Crippen LogP contribution in [0.15, 0.2) is 24.3 Å². The molecule has 1 aromatic heterocycles. The molecule has 0 spiro atoms. The first-order valence-corrected chi connectivity index (χ1v) is 6.18. The lowest BCUT2D eigenvalue weighted by atomic mass is 10.1. The molecule has 3 nitrogen and oxygen atoms in total. The van der Waals surface area contributed by atoms with Gasteiger partial charge in [-0.1, -0.05) is 0 Å². The van der Waals surface area contributed by atoms with Crippen LogP contribution < -0.4 is 0 Å². The molecule has 20 heavy (non-hydrogen) atoms. The molecule has 2 rings (SSSR count). The van der Waals surface area contributed by atoms with Crippen LogP contribution in [0, 0.1) is 13.8 Å². The number of halogens is 3. The Kier molecular flexibility index (Phi) is 3.85. The van der Waals surface area contributed by atoms with Gasteiger partial charge in [-0.05, 0) is 50.1 Å². The van der Waals surface area contributed by atoms with Crippen molar-refractivity contribution in [3.8, 4) is 5.69 Å². The number of aliphatic hydroxyl groups excluding tert-OH is 1. The average Bonchev–Trinajstić information content (AvgIpc) is 2.66. The third-order valence-electron chi connectivity index (χ3n) is 3.24. The second-order valence-electron chi connectivity index (χ2n) is 4.58. The van der Waals surface area contributed by atoms with E-state index in [9.17, 15) is 13.2 Å². The van der Waals surface area contributed by atoms with Crippen molar-refractivity contribution >= 4 is 0 Å². The third kappa shape index (κ3) is 2.70. The fourth-order valence-corrected chi connectivity index (χ4v) is 2.19. The molecular formula is C14H15F3N2O. The van der Waals surface area contributed by atoms with E-state index < -0.39 is 11.7 Å². The number of rotatable bonds is 3. The van der Waals surface area contributed by atoms with Crippen LogP contribution in [0.1, 0.15) is 22.5 Å². The smallest absolute Gasteiger partial charge is 0.396 e. The molecule has 0 atom stereocenters. The summed E-state index contributed by atoms with van der Waals surface area (Å²) < 4.78 is 39.2. The van der Waals surface area contributed by atoms with Crippen LogP contribution in [0.5, 0.6) is 0 Å². The minimum Gasteiger partial charge on any atom is -0.396 e. The standard InChI is InChI=1S/C14H15F3N2O/c1-9-13(7-8-20)10(2)19(18-9)12-5-3-11(4-6-12)14(15,16)17/h3-6,20H,7-8H2,1-2H3. The summed E-state index contributed by atoms with van der Waals surface area (Å²) in [5.74, 6) is 0. The lowest BCUT2D eigenvalue weighted by molar-refractivity contribution is -0.137. The van der Waals surface area contributed by atoms with E-state index >= 15 is 0 Å². The average molecular weight is 284 g/mol. The van der Waals surface area contributed by atoms with Crippen LogP contribution in [-0.2, 0) is 12.6 Å². The number of aryl methyl sites for hydroxylation is 1. The molecule has 0 unspecified atom stereocenters. The molecule has 0 saturated carbocycles. The lowest BCUT2D eigenvalue weighted by Gasteiger charge is -2.09. The highest BCUT2D eigenvalue weighted by atomic mass is 19.4. The van der Waals surface area contributed by atoms with E-state index in [4.69, 9.17) is 5.11 Å². The molecule has 108 valence electrons. The van der Waals surface area contributed by atoms with E-state index in [2.05, 4.69) is 5.10 Å². The molecule has 0 aliphatic heterocycles. The molecule has 6 heteroatoms. The van der Waals surface area contributed by atoms with Gasteiger partial charge in [0.2, 0.25) is 0 Å². The van der Waals surface area contributed by atoms with E-state index in [1.165, 1.54) is 12.1 Å². The van der Waals surface area contributed by atoms with Gasteiger partial charge < -0.3 is 5.11 Å². The molecule has 0 amide bonds. The molecule has 0 fully saturated rings. The molecule has 0 aliphatic rings. The van der Waals surface area contributed by atoms with Crippen molar-refractivity contribution in [1.29, 1.82) is 0 Å². The van der Waals surface area contributed by atoms with Gasteiger partial charge >= 0.3 is 6.18 Å². The minimum atomic E-state index is -4.34. The summed E-state index contributed by atoms with van der Waals surface area (Å²) in [6, 6.07) is 4.87. The second kappa shape index (κ2) is 5.28. The van der Waals surface area contributed by atoms with E-state index in [1.54, 1.807) is 4.68 Å². The highest BCUT2D eigenvalue weighted by molar-refractivity contribution is 5.39. The highest BCUT2D eigenvalue weighted by Gasteiger charge is 2.30. The van der Waals surface area contributed by atoms with Crippen LogP contribution >= 0.6 is 0 Å². The first-order valence-electron chi connectivity index (χ1n) is 6.18. The molecule has 0 bridgehead atoms. The van der Waals surface area contributed by atoms with Gasteiger partial charge in [0.15, 0.2) is 0 Å². The van der Waals surface area contributed by atoms with Crippen molar-refractivity contribution < 1.29 is 18.3 Å². The van der Waals surface area contributed by atoms with Crippen LogP contribution in [-0.4, -0.2) is 21.5 Å².